The highest BCUT2D eigenvalue weighted by Gasteiger charge is 2.27. The van der Waals surface area contributed by atoms with E-state index in [0.717, 1.165) is 5.56 Å². The van der Waals surface area contributed by atoms with Crippen LogP contribution >= 0.6 is 22.3 Å². The summed E-state index contributed by atoms with van der Waals surface area (Å²) in [6, 6.07) is 5.79. The molecule has 0 unspecified atom stereocenters. The minimum absolute atomic E-state index is 0.0435. The van der Waals surface area contributed by atoms with Crippen molar-refractivity contribution in [3.63, 3.8) is 0 Å². The first-order chi connectivity index (χ1) is 9.70. The molecular formula is C13H13Cl2FN2O2S. The first kappa shape index (κ1) is 16.3. The van der Waals surface area contributed by atoms with Crippen LogP contribution in [0.3, 0.4) is 0 Å². The van der Waals surface area contributed by atoms with Crippen molar-refractivity contribution < 1.29 is 12.8 Å². The Morgan fingerprint density at radius 1 is 1.29 bits per heavy atom. The molecule has 0 aliphatic carbocycles. The zero-order valence-corrected chi connectivity index (χ0v) is 13.7. The number of hydrogen-bond acceptors (Lipinski definition) is 3. The molecule has 0 N–H and O–H groups in total. The molecule has 0 radical (unpaired) electrons. The van der Waals surface area contributed by atoms with Gasteiger partial charge in [-0.3, -0.25) is 0 Å². The summed E-state index contributed by atoms with van der Waals surface area (Å²) in [4.78, 5) is -0.164. The summed E-state index contributed by atoms with van der Waals surface area (Å²) in [5.41, 5.74) is 1.06. The highest BCUT2D eigenvalue weighted by molar-refractivity contribution is 8.13. The maximum absolute atomic E-state index is 12.9. The van der Waals surface area contributed by atoms with E-state index in [1.165, 1.54) is 16.8 Å². The van der Waals surface area contributed by atoms with Crippen LogP contribution in [0.4, 0.5) is 4.39 Å². The smallest absolute Gasteiger partial charge is 0.248 e. The second-order valence-corrected chi connectivity index (χ2v) is 7.74. The summed E-state index contributed by atoms with van der Waals surface area (Å²) in [7, 11) is 1.44. The van der Waals surface area contributed by atoms with Gasteiger partial charge in [0.1, 0.15) is 15.9 Å². The van der Waals surface area contributed by atoms with Crippen molar-refractivity contribution in [3.8, 4) is 0 Å². The molecule has 2 rings (SSSR count). The molecule has 0 aliphatic rings. The molecule has 1 heterocycles. The highest BCUT2D eigenvalue weighted by atomic mass is 35.7. The van der Waals surface area contributed by atoms with Crippen LogP contribution in [0.2, 0.25) is 5.15 Å². The molecule has 2 aromatic rings. The van der Waals surface area contributed by atoms with Gasteiger partial charge in [-0.25, -0.2) is 17.5 Å². The molecule has 4 nitrogen and oxygen atoms in total. The number of rotatable bonds is 4. The van der Waals surface area contributed by atoms with Gasteiger partial charge in [0, 0.05) is 10.7 Å². The molecule has 0 fully saturated rings. The molecule has 0 saturated heterocycles. The second-order valence-electron chi connectivity index (χ2n) is 4.88. The van der Waals surface area contributed by atoms with E-state index in [-0.39, 0.29) is 28.3 Å². The van der Waals surface area contributed by atoms with Crippen LogP contribution in [-0.4, -0.2) is 18.2 Å². The number of halogens is 3. The lowest BCUT2D eigenvalue weighted by Crippen LogP contribution is -2.03. The predicted octanol–water partition coefficient (Wildman–Crippen LogP) is 3.77. The minimum Gasteiger partial charge on any atom is -0.248 e. The maximum Gasteiger partial charge on any atom is 0.266 e. The van der Waals surface area contributed by atoms with Gasteiger partial charge in [-0.15, -0.1) is 0 Å². The number of benzene rings is 1. The Balaban J connectivity index is 2.48. The lowest BCUT2D eigenvalue weighted by atomic mass is 10.1. The number of hydrogen-bond donors (Lipinski definition) is 0. The van der Waals surface area contributed by atoms with E-state index in [2.05, 4.69) is 5.10 Å². The zero-order valence-electron chi connectivity index (χ0n) is 11.3. The molecule has 0 amide bonds. The quantitative estimate of drug-likeness (QED) is 0.788. The third kappa shape index (κ3) is 3.56. The van der Waals surface area contributed by atoms with E-state index in [1.807, 2.05) is 0 Å². The number of aromatic nitrogens is 2. The normalized spacial score (nSPS) is 12.1. The van der Waals surface area contributed by atoms with Crippen molar-refractivity contribution in [1.29, 1.82) is 0 Å². The Morgan fingerprint density at radius 3 is 2.29 bits per heavy atom. The average molecular weight is 351 g/mol. The van der Waals surface area contributed by atoms with Gasteiger partial charge in [0.05, 0.1) is 12.2 Å². The van der Waals surface area contributed by atoms with Gasteiger partial charge in [0.15, 0.2) is 0 Å². The average Bonchev–Trinajstić information content (AvgIpc) is 2.70. The Hall–Kier alpha value is -1.11. The molecule has 114 valence electrons. The van der Waals surface area contributed by atoms with Crippen LogP contribution in [0.5, 0.6) is 0 Å². The van der Waals surface area contributed by atoms with Gasteiger partial charge < -0.3 is 0 Å². The molecule has 1 aromatic heterocycles. The fourth-order valence-corrected chi connectivity index (χ4v) is 3.82. The Morgan fingerprint density at radius 2 is 1.86 bits per heavy atom. The van der Waals surface area contributed by atoms with Gasteiger partial charge in [-0.05, 0) is 23.6 Å². The lowest BCUT2D eigenvalue weighted by Gasteiger charge is -2.03. The van der Waals surface area contributed by atoms with Crippen molar-refractivity contribution in [2.24, 2.45) is 0 Å². The monoisotopic (exact) mass is 350 g/mol. The van der Waals surface area contributed by atoms with E-state index in [1.54, 1.807) is 26.0 Å². The van der Waals surface area contributed by atoms with Crippen LogP contribution in [0.25, 0.3) is 0 Å². The Kier molecular flexibility index (Phi) is 4.60. The molecule has 1 aromatic carbocycles. The standard InChI is InChI=1S/C13H13Cl2FN2O2S/c1-8(2)11-12(21(15,19)20)13(14)18(17-11)7-9-3-5-10(16)6-4-9/h3-6,8H,7H2,1-2H3. The second kappa shape index (κ2) is 5.94. The van der Waals surface area contributed by atoms with Gasteiger partial charge in [-0.1, -0.05) is 37.6 Å². The third-order valence-corrected chi connectivity index (χ3v) is 4.76. The summed E-state index contributed by atoms with van der Waals surface area (Å²) >= 11 is 6.10. The molecule has 0 bridgehead atoms. The highest BCUT2D eigenvalue weighted by Crippen LogP contribution is 2.32. The van der Waals surface area contributed by atoms with Crippen LogP contribution in [0, 0.1) is 5.82 Å². The molecule has 0 atom stereocenters. The van der Waals surface area contributed by atoms with Crippen molar-refractivity contribution in [1.82, 2.24) is 9.78 Å². The lowest BCUT2D eigenvalue weighted by molar-refractivity contribution is 0.607. The molecule has 0 saturated carbocycles. The van der Waals surface area contributed by atoms with Gasteiger partial charge in [0.25, 0.3) is 9.05 Å². The molecule has 21 heavy (non-hydrogen) atoms. The van der Waals surface area contributed by atoms with Crippen molar-refractivity contribution in [3.05, 3.63) is 46.5 Å². The molecule has 0 spiro atoms. The van der Waals surface area contributed by atoms with Crippen molar-refractivity contribution in [2.75, 3.05) is 0 Å². The predicted molar refractivity (Wildman–Crippen MR) is 79.9 cm³/mol. The maximum atomic E-state index is 12.9. The van der Waals surface area contributed by atoms with E-state index in [0.29, 0.717) is 5.69 Å². The molecule has 8 heteroatoms. The third-order valence-electron chi connectivity index (χ3n) is 2.91. The van der Waals surface area contributed by atoms with E-state index >= 15 is 0 Å². The number of nitrogens with zero attached hydrogens (tertiary/aromatic N) is 2. The molecular weight excluding hydrogens is 338 g/mol. The first-order valence-corrected chi connectivity index (χ1v) is 8.84. The fraction of sp³-hybridized carbons (Fsp3) is 0.308. The van der Waals surface area contributed by atoms with Crippen LogP contribution < -0.4 is 0 Å². The van der Waals surface area contributed by atoms with Crippen molar-refractivity contribution in [2.45, 2.75) is 31.2 Å². The molecule has 0 aliphatic heterocycles. The Bertz CT molecular complexity index is 755. The summed E-state index contributed by atoms with van der Waals surface area (Å²) in [5, 5.41) is 4.18. The Labute approximate surface area is 131 Å². The van der Waals surface area contributed by atoms with Gasteiger partial charge in [-0.2, -0.15) is 5.10 Å². The van der Waals surface area contributed by atoms with Gasteiger partial charge in [0.2, 0.25) is 0 Å². The summed E-state index contributed by atoms with van der Waals surface area (Å²) in [5.74, 6) is -0.502. The summed E-state index contributed by atoms with van der Waals surface area (Å²) < 4.78 is 37.6. The van der Waals surface area contributed by atoms with Crippen molar-refractivity contribution >= 4 is 31.3 Å². The topological polar surface area (TPSA) is 52.0 Å². The van der Waals surface area contributed by atoms with Crippen LogP contribution in [0.15, 0.2) is 29.2 Å². The first-order valence-electron chi connectivity index (χ1n) is 6.15. The van der Waals surface area contributed by atoms with E-state index < -0.39 is 9.05 Å². The van der Waals surface area contributed by atoms with Crippen LogP contribution in [-0.2, 0) is 15.6 Å². The summed E-state index contributed by atoms with van der Waals surface area (Å²) in [6.07, 6.45) is 0. The van der Waals surface area contributed by atoms with Gasteiger partial charge >= 0.3 is 0 Å². The minimum atomic E-state index is -3.99. The van der Waals surface area contributed by atoms with Crippen LogP contribution in [0.1, 0.15) is 31.0 Å². The van der Waals surface area contributed by atoms with E-state index in [4.69, 9.17) is 22.3 Å². The zero-order chi connectivity index (χ0) is 15.8. The summed E-state index contributed by atoms with van der Waals surface area (Å²) in [6.45, 7) is 3.82. The van der Waals surface area contributed by atoms with E-state index in [9.17, 15) is 12.8 Å². The SMILES string of the molecule is CC(C)c1nn(Cc2ccc(F)cc2)c(Cl)c1S(=O)(=O)Cl. The largest absolute Gasteiger partial charge is 0.266 e. The fourth-order valence-electron chi connectivity index (χ4n) is 1.91.